The van der Waals surface area contributed by atoms with E-state index < -0.39 is 0 Å². The third-order valence-electron chi connectivity index (χ3n) is 6.00. The second-order valence-electron chi connectivity index (χ2n) is 8.28. The molecule has 1 saturated heterocycles. The van der Waals surface area contributed by atoms with Crippen molar-refractivity contribution in [3.8, 4) is 11.1 Å². The number of anilines is 1. The molecule has 1 amide bonds. The molecule has 154 valence electrons. The van der Waals surface area contributed by atoms with Gasteiger partial charge in [-0.1, -0.05) is 19.3 Å². The largest absolute Gasteiger partial charge is 0.368 e. The molecule has 2 fully saturated rings. The van der Waals surface area contributed by atoms with Gasteiger partial charge in [-0.25, -0.2) is 9.97 Å². The van der Waals surface area contributed by atoms with Crippen LogP contribution in [0.1, 0.15) is 62.4 Å². The number of nitrogen functional groups attached to an aromatic ring is 1. The number of nitrogens with one attached hydrogen (secondary N) is 1. The molecule has 0 radical (unpaired) electrons. The second kappa shape index (κ2) is 8.86. The third-order valence-corrected chi connectivity index (χ3v) is 6.00. The number of nitrogens with two attached hydrogens (primary N) is 1. The fourth-order valence-electron chi connectivity index (χ4n) is 4.57. The first-order valence-corrected chi connectivity index (χ1v) is 10.7. The Morgan fingerprint density at radius 2 is 1.86 bits per heavy atom. The van der Waals surface area contributed by atoms with Gasteiger partial charge in [0, 0.05) is 29.7 Å². The molecule has 0 spiro atoms. The first-order chi connectivity index (χ1) is 14.1. The van der Waals surface area contributed by atoms with Gasteiger partial charge < -0.3 is 11.1 Å². The molecule has 1 atom stereocenters. The number of likely N-dealkylation sites (tertiary alicyclic amines) is 1. The van der Waals surface area contributed by atoms with Crippen LogP contribution in [0.4, 0.5) is 5.95 Å². The van der Waals surface area contributed by atoms with Crippen LogP contribution < -0.4 is 11.1 Å². The van der Waals surface area contributed by atoms with E-state index in [4.69, 9.17) is 10.7 Å². The number of aromatic nitrogens is 3. The van der Waals surface area contributed by atoms with Gasteiger partial charge in [0.25, 0.3) is 0 Å². The number of hydrogen-bond donors (Lipinski definition) is 2. The van der Waals surface area contributed by atoms with Gasteiger partial charge in [0.15, 0.2) is 0 Å². The lowest BCUT2D eigenvalue weighted by atomic mass is 9.95. The summed E-state index contributed by atoms with van der Waals surface area (Å²) in [6.07, 6.45) is 11.5. The van der Waals surface area contributed by atoms with Crippen molar-refractivity contribution in [3.05, 3.63) is 35.9 Å². The van der Waals surface area contributed by atoms with Crippen LogP contribution in [0, 0.1) is 6.92 Å². The lowest BCUT2D eigenvalue weighted by Crippen LogP contribution is -2.42. The van der Waals surface area contributed by atoms with Crippen molar-refractivity contribution >= 4 is 11.9 Å². The Kier molecular flexibility index (Phi) is 6.04. The van der Waals surface area contributed by atoms with Gasteiger partial charge in [0.1, 0.15) is 0 Å². The molecule has 0 unspecified atom stereocenters. The lowest BCUT2D eigenvalue weighted by Gasteiger charge is -2.27. The van der Waals surface area contributed by atoms with Gasteiger partial charge in [0.2, 0.25) is 11.9 Å². The summed E-state index contributed by atoms with van der Waals surface area (Å²) in [5.74, 6) is 0.411. The Morgan fingerprint density at radius 3 is 2.62 bits per heavy atom. The van der Waals surface area contributed by atoms with Gasteiger partial charge in [0.05, 0.1) is 18.3 Å². The molecule has 3 heterocycles. The predicted octanol–water partition coefficient (Wildman–Crippen LogP) is 3.02. The average Bonchev–Trinajstić information content (AvgIpc) is 3.17. The summed E-state index contributed by atoms with van der Waals surface area (Å²) >= 11 is 0. The molecular weight excluding hydrogens is 364 g/mol. The van der Waals surface area contributed by atoms with E-state index in [1.54, 1.807) is 12.4 Å². The van der Waals surface area contributed by atoms with Crippen molar-refractivity contribution in [2.24, 2.45) is 0 Å². The van der Waals surface area contributed by atoms with Crippen molar-refractivity contribution in [1.29, 1.82) is 0 Å². The van der Waals surface area contributed by atoms with Gasteiger partial charge in [-0.15, -0.1) is 0 Å². The van der Waals surface area contributed by atoms with Crippen molar-refractivity contribution in [2.45, 2.75) is 64.0 Å². The predicted molar refractivity (Wildman–Crippen MR) is 113 cm³/mol. The fraction of sp³-hybridized carbons (Fsp3) is 0.545. The Bertz CT molecular complexity index is 847. The summed E-state index contributed by atoms with van der Waals surface area (Å²) in [7, 11) is 0. The highest BCUT2D eigenvalue weighted by molar-refractivity contribution is 5.78. The zero-order valence-corrected chi connectivity index (χ0v) is 17.1. The standard InChI is InChI=1S/C22H30N6O/c1-15-10-16(17-12-24-22(23)25-13-17)11-19(26-15)20-8-5-9-28(20)14-21(29)27-18-6-3-2-4-7-18/h10-13,18,20H,2-9,14H2,1H3,(H,27,29)(H2,23,24,25)/t20-/m0/s1. The summed E-state index contributed by atoms with van der Waals surface area (Å²) in [5.41, 5.74) is 9.54. The van der Waals surface area contributed by atoms with Crippen LogP contribution >= 0.6 is 0 Å². The van der Waals surface area contributed by atoms with Gasteiger partial charge in [-0.2, -0.15) is 0 Å². The summed E-state index contributed by atoms with van der Waals surface area (Å²) < 4.78 is 0. The highest BCUT2D eigenvalue weighted by atomic mass is 16.2. The Labute approximate surface area is 172 Å². The Morgan fingerprint density at radius 1 is 1.10 bits per heavy atom. The molecule has 1 aliphatic carbocycles. The van der Waals surface area contributed by atoms with Crippen molar-refractivity contribution < 1.29 is 4.79 Å². The second-order valence-corrected chi connectivity index (χ2v) is 8.28. The Hall–Kier alpha value is -2.54. The number of nitrogens with zero attached hydrogens (tertiary/aromatic N) is 4. The van der Waals surface area contributed by atoms with Crippen LogP contribution in [-0.2, 0) is 4.79 Å². The third kappa shape index (κ3) is 4.90. The first-order valence-electron chi connectivity index (χ1n) is 10.7. The van der Waals surface area contributed by atoms with Crippen LogP contribution in [0.25, 0.3) is 11.1 Å². The quantitative estimate of drug-likeness (QED) is 0.809. The molecule has 2 aliphatic rings. The molecule has 29 heavy (non-hydrogen) atoms. The molecule has 3 N–H and O–H groups in total. The van der Waals surface area contributed by atoms with Gasteiger partial charge in [-0.3, -0.25) is 14.7 Å². The number of amides is 1. The molecular formula is C22H30N6O. The summed E-state index contributed by atoms with van der Waals surface area (Å²) in [6.45, 7) is 3.37. The topological polar surface area (TPSA) is 97.0 Å². The molecule has 2 aromatic rings. The van der Waals surface area contributed by atoms with E-state index in [0.717, 1.165) is 54.7 Å². The fourth-order valence-corrected chi connectivity index (χ4v) is 4.57. The molecule has 0 aromatic carbocycles. The highest BCUT2D eigenvalue weighted by Gasteiger charge is 2.29. The van der Waals surface area contributed by atoms with E-state index in [0.29, 0.717) is 12.6 Å². The smallest absolute Gasteiger partial charge is 0.234 e. The van der Waals surface area contributed by atoms with E-state index in [1.165, 1.54) is 19.3 Å². The normalized spacial score (nSPS) is 20.7. The molecule has 7 heteroatoms. The average molecular weight is 395 g/mol. The maximum Gasteiger partial charge on any atom is 0.234 e. The molecule has 4 rings (SSSR count). The van der Waals surface area contributed by atoms with Crippen molar-refractivity contribution in [3.63, 3.8) is 0 Å². The molecule has 1 aliphatic heterocycles. The van der Waals surface area contributed by atoms with Crippen molar-refractivity contribution in [2.75, 3.05) is 18.8 Å². The van der Waals surface area contributed by atoms with Crippen molar-refractivity contribution in [1.82, 2.24) is 25.2 Å². The SMILES string of the molecule is Cc1cc(-c2cnc(N)nc2)cc([C@@H]2CCCN2CC(=O)NC2CCCCC2)n1. The van der Waals surface area contributed by atoms with Crippen LogP contribution in [0.2, 0.25) is 0 Å². The summed E-state index contributed by atoms with van der Waals surface area (Å²) in [6, 6.07) is 4.66. The van der Waals surface area contributed by atoms with Gasteiger partial charge in [-0.05, 0) is 56.8 Å². The monoisotopic (exact) mass is 394 g/mol. The summed E-state index contributed by atoms with van der Waals surface area (Å²) in [4.78, 5) is 27.9. The molecule has 2 aromatic heterocycles. The summed E-state index contributed by atoms with van der Waals surface area (Å²) in [5, 5.41) is 3.24. The maximum atomic E-state index is 12.6. The number of rotatable bonds is 5. The number of aryl methyl sites for hydroxylation is 1. The Balaban J connectivity index is 1.47. The zero-order valence-electron chi connectivity index (χ0n) is 17.1. The number of carbonyl (C=O) groups is 1. The van der Waals surface area contributed by atoms with E-state index in [1.807, 2.05) is 13.0 Å². The zero-order chi connectivity index (χ0) is 20.2. The van der Waals surface area contributed by atoms with Crippen LogP contribution in [0.3, 0.4) is 0 Å². The maximum absolute atomic E-state index is 12.6. The van der Waals surface area contributed by atoms with Crippen LogP contribution in [0.5, 0.6) is 0 Å². The molecule has 1 saturated carbocycles. The van der Waals surface area contributed by atoms with E-state index in [-0.39, 0.29) is 17.9 Å². The number of pyridine rings is 1. The van der Waals surface area contributed by atoms with Crippen LogP contribution in [0.15, 0.2) is 24.5 Å². The number of hydrogen-bond acceptors (Lipinski definition) is 6. The first kappa shape index (κ1) is 19.8. The van der Waals surface area contributed by atoms with E-state index >= 15 is 0 Å². The minimum absolute atomic E-state index is 0.142. The van der Waals surface area contributed by atoms with E-state index in [2.05, 4.69) is 26.3 Å². The molecule has 7 nitrogen and oxygen atoms in total. The lowest BCUT2D eigenvalue weighted by molar-refractivity contribution is -0.123. The minimum Gasteiger partial charge on any atom is -0.368 e. The highest BCUT2D eigenvalue weighted by Crippen LogP contribution is 2.33. The van der Waals surface area contributed by atoms with Gasteiger partial charge >= 0.3 is 0 Å². The molecule has 0 bridgehead atoms. The van der Waals surface area contributed by atoms with E-state index in [9.17, 15) is 4.79 Å². The number of carbonyl (C=O) groups excluding carboxylic acids is 1. The minimum atomic E-state index is 0.142. The van der Waals surface area contributed by atoms with Crippen LogP contribution in [-0.4, -0.2) is 44.9 Å².